The van der Waals surface area contributed by atoms with Crippen LogP contribution in [-0.2, 0) is 4.74 Å². The van der Waals surface area contributed by atoms with Gasteiger partial charge in [0.2, 0.25) is 0 Å². The summed E-state index contributed by atoms with van der Waals surface area (Å²) in [6.45, 7) is 1.96. The molecule has 0 saturated carbocycles. The molecule has 4 rings (SSSR count). The third kappa shape index (κ3) is 4.13. The van der Waals surface area contributed by atoms with E-state index in [1.54, 1.807) is 24.4 Å². The van der Waals surface area contributed by atoms with Crippen molar-refractivity contribution in [3.8, 4) is 0 Å². The van der Waals surface area contributed by atoms with E-state index in [1.165, 1.54) is 5.56 Å². The van der Waals surface area contributed by atoms with Crippen LogP contribution < -0.4 is 5.32 Å². The highest BCUT2D eigenvalue weighted by molar-refractivity contribution is 5.92. The van der Waals surface area contributed by atoms with Gasteiger partial charge in [0, 0.05) is 12.8 Å². The molecule has 2 bridgehead atoms. The van der Waals surface area contributed by atoms with Crippen LogP contribution in [0.3, 0.4) is 0 Å². The van der Waals surface area contributed by atoms with E-state index in [1.807, 2.05) is 25.1 Å². The fourth-order valence-corrected chi connectivity index (χ4v) is 5.26. The molecule has 6 nitrogen and oxygen atoms in total. The third-order valence-electron chi connectivity index (χ3n) is 6.69. The molecule has 160 valence electrons. The summed E-state index contributed by atoms with van der Waals surface area (Å²) in [7, 11) is 0. The number of nitrogens with one attached hydrogen (secondary N) is 1. The summed E-state index contributed by atoms with van der Waals surface area (Å²) in [6.07, 6.45) is 3.92. The van der Waals surface area contributed by atoms with Crippen LogP contribution >= 0.6 is 0 Å². The molecule has 5 atom stereocenters. The van der Waals surface area contributed by atoms with Crippen LogP contribution in [0.4, 0.5) is 0 Å². The first-order valence-electron chi connectivity index (χ1n) is 10.7. The van der Waals surface area contributed by atoms with Crippen LogP contribution in [0.1, 0.15) is 61.0 Å². The maximum absolute atomic E-state index is 12.7. The molecule has 2 fully saturated rings. The number of rotatable bonds is 5. The zero-order valence-corrected chi connectivity index (χ0v) is 17.3. The van der Waals surface area contributed by atoms with Crippen molar-refractivity contribution in [2.24, 2.45) is 0 Å². The molecule has 1 aromatic carbocycles. The van der Waals surface area contributed by atoms with Gasteiger partial charge in [-0.05, 0) is 62.6 Å². The van der Waals surface area contributed by atoms with Gasteiger partial charge in [-0.15, -0.1) is 0 Å². The highest BCUT2D eigenvalue weighted by Crippen LogP contribution is 2.51. The van der Waals surface area contributed by atoms with E-state index in [2.05, 4.69) is 22.4 Å². The van der Waals surface area contributed by atoms with Gasteiger partial charge in [0.05, 0.1) is 17.2 Å². The molecule has 3 heterocycles. The van der Waals surface area contributed by atoms with Crippen LogP contribution in [-0.4, -0.2) is 51.1 Å². The summed E-state index contributed by atoms with van der Waals surface area (Å²) >= 11 is 0. The van der Waals surface area contributed by atoms with Crippen molar-refractivity contribution in [2.45, 2.75) is 68.3 Å². The lowest BCUT2D eigenvalue weighted by molar-refractivity contribution is -0.223. The first-order valence-corrected chi connectivity index (χ1v) is 10.7. The lowest BCUT2D eigenvalue weighted by atomic mass is 9.73. The topological polar surface area (TPSA) is 91.7 Å². The predicted octanol–water partition coefficient (Wildman–Crippen LogP) is 2.81. The molecule has 30 heavy (non-hydrogen) atoms. The minimum absolute atomic E-state index is 0.0264. The Morgan fingerprint density at radius 1 is 1.20 bits per heavy atom. The van der Waals surface area contributed by atoms with Crippen molar-refractivity contribution in [3.05, 3.63) is 66.0 Å². The highest BCUT2D eigenvalue weighted by atomic mass is 16.5. The molecule has 2 aliphatic rings. The van der Waals surface area contributed by atoms with E-state index in [0.717, 1.165) is 6.42 Å². The number of aliphatic hydroxyl groups is 2. The van der Waals surface area contributed by atoms with Crippen molar-refractivity contribution < 1.29 is 19.7 Å². The maximum Gasteiger partial charge on any atom is 0.270 e. The normalized spacial score (nSPS) is 33.5. The van der Waals surface area contributed by atoms with E-state index in [-0.39, 0.29) is 18.4 Å². The smallest absolute Gasteiger partial charge is 0.270 e. The third-order valence-corrected chi connectivity index (χ3v) is 6.69. The van der Waals surface area contributed by atoms with E-state index in [9.17, 15) is 15.0 Å². The summed E-state index contributed by atoms with van der Waals surface area (Å²) in [4.78, 5) is 16.8. The number of hydrogen-bond acceptors (Lipinski definition) is 5. The van der Waals surface area contributed by atoms with E-state index < -0.39 is 23.3 Å². The molecule has 6 heteroatoms. The number of ether oxygens (including phenoxy) is 1. The summed E-state index contributed by atoms with van der Waals surface area (Å²) in [5, 5.41) is 24.1. The van der Waals surface area contributed by atoms with Gasteiger partial charge >= 0.3 is 0 Å². The molecule has 3 N–H and O–H groups in total. The van der Waals surface area contributed by atoms with Gasteiger partial charge in [-0.2, -0.15) is 0 Å². The summed E-state index contributed by atoms with van der Waals surface area (Å²) in [5.41, 5.74) is 0.202. The Bertz CT molecular complexity index is 862. The number of amides is 1. The van der Waals surface area contributed by atoms with Gasteiger partial charge in [-0.25, -0.2) is 0 Å². The molecular weight excluding hydrogens is 380 g/mol. The molecule has 2 aliphatic heterocycles. The monoisotopic (exact) mass is 410 g/mol. The molecule has 1 aromatic heterocycles. The van der Waals surface area contributed by atoms with Crippen molar-refractivity contribution in [2.75, 3.05) is 6.61 Å². The minimum atomic E-state index is -0.864. The van der Waals surface area contributed by atoms with Gasteiger partial charge in [0.15, 0.2) is 0 Å². The number of hydrogen-bond donors (Lipinski definition) is 3. The maximum atomic E-state index is 12.7. The Hall–Kier alpha value is -2.28. The second-order valence-corrected chi connectivity index (χ2v) is 8.87. The van der Waals surface area contributed by atoms with Gasteiger partial charge in [0.25, 0.3) is 5.91 Å². The number of pyridine rings is 1. The van der Waals surface area contributed by atoms with Crippen LogP contribution in [0.2, 0.25) is 0 Å². The molecule has 0 spiro atoms. The predicted molar refractivity (Wildman–Crippen MR) is 113 cm³/mol. The molecule has 0 unspecified atom stereocenters. The number of aromatic nitrogens is 1. The molecular formula is C24H30N2O4. The summed E-state index contributed by atoms with van der Waals surface area (Å²) < 4.78 is 6.57. The second kappa shape index (κ2) is 8.46. The number of benzene rings is 1. The summed E-state index contributed by atoms with van der Waals surface area (Å²) in [5.74, 6) is -0.0769. The standard InChI is InChI=1S/C24H30N2O4/c1-23-15-18(17-7-3-2-4-8-17)16-24(30-23,12-14-27)11-10-19(21(23)28)26-22(29)20-9-5-6-13-25-20/h2-9,13,18-19,21,27-28H,10-12,14-16H2,1H3,(H,26,29)/t18-,19-,21+,23+,24-/m1/s1. The zero-order chi connectivity index (χ0) is 21.2. The Morgan fingerprint density at radius 3 is 2.67 bits per heavy atom. The number of carbonyl (C=O) groups excluding carboxylic acids is 1. The molecule has 2 saturated heterocycles. The van der Waals surface area contributed by atoms with Crippen LogP contribution in [0.15, 0.2) is 54.7 Å². The van der Waals surface area contributed by atoms with E-state index in [0.29, 0.717) is 31.4 Å². The molecule has 1 amide bonds. The van der Waals surface area contributed by atoms with Gasteiger partial charge in [0.1, 0.15) is 11.8 Å². The number of fused-ring (bicyclic) bond motifs is 2. The highest BCUT2D eigenvalue weighted by Gasteiger charge is 2.54. The number of aliphatic hydroxyl groups excluding tert-OH is 2. The lowest BCUT2D eigenvalue weighted by Gasteiger charge is -2.50. The molecule has 0 radical (unpaired) electrons. The second-order valence-electron chi connectivity index (χ2n) is 8.87. The zero-order valence-electron chi connectivity index (χ0n) is 17.3. The Balaban J connectivity index is 1.61. The fraction of sp³-hybridized carbons (Fsp3) is 0.500. The summed E-state index contributed by atoms with van der Waals surface area (Å²) in [6, 6.07) is 15.0. The lowest BCUT2D eigenvalue weighted by Crippen LogP contribution is -2.58. The Kier molecular flexibility index (Phi) is 5.91. The van der Waals surface area contributed by atoms with E-state index in [4.69, 9.17) is 4.74 Å². The van der Waals surface area contributed by atoms with Crippen LogP contribution in [0.5, 0.6) is 0 Å². The first-order chi connectivity index (χ1) is 14.4. The SMILES string of the molecule is C[C@]12C[C@@H](c3ccccc3)C[C@](CCO)(CC[C@@H](NC(=O)c3ccccn3)[C@@H]1O)O2. The number of carbonyl (C=O) groups is 1. The van der Waals surface area contributed by atoms with Gasteiger partial charge in [-0.1, -0.05) is 36.4 Å². The van der Waals surface area contributed by atoms with Crippen LogP contribution in [0, 0.1) is 0 Å². The van der Waals surface area contributed by atoms with Crippen molar-refractivity contribution in [1.82, 2.24) is 10.3 Å². The van der Waals surface area contributed by atoms with Gasteiger partial charge in [-0.3, -0.25) is 9.78 Å². The minimum Gasteiger partial charge on any atom is -0.396 e. The number of nitrogens with zero attached hydrogens (tertiary/aromatic N) is 1. The van der Waals surface area contributed by atoms with Crippen molar-refractivity contribution >= 4 is 5.91 Å². The first kappa shape index (κ1) is 21.0. The quantitative estimate of drug-likeness (QED) is 0.705. The molecule has 0 aliphatic carbocycles. The average molecular weight is 411 g/mol. The average Bonchev–Trinajstić information content (AvgIpc) is 2.83. The van der Waals surface area contributed by atoms with Gasteiger partial charge < -0.3 is 20.3 Å². The van der Waals surface area contributed by atoms with Crippen molar-refractivity contribution in [3.63, 3.8) is 0 Å². The van der Waals surface area contributed by atoms with Crippen molar-refractivity contribution in [1.29, 1.82) is 0 Å². The Morgan fingerprint density at radius 2 is 1.97 bits per heavy atom. The largest absolute Gasteiger partial charge is 0.396 e. The van der Waals surface area contributed by atoms with Crippen LogP contribution in [0.25, 0.3) is 0 Å². The Labute approximate surface area is 177 Å². The fourth-order valence-electron chi connectivity index (χ4n) is 5.26. The molecule has 2 aromatic rings. The van der Waals surface area contributed by atoms with E-state index >= 15 is 0 Å².